The number of nitrogens with one attached hydrogen (secondary N) is 2. The molecule has 0 aliphatic carbocycles. The lowest BCUT2D eigenvalue weighted by Gasteiger charge is -2.13. The van der Waals surface area contributed by atoms with Crippen molar-refractivity contribution in [1.82, 2.24) is 0 Å². The molecule has 0 aromatic heterocycles. The number of amides is 1. The average molecular weight is 401 g/mol. The summed E-state index contributed by atoms with van der Waals surface area (Å²) < 4.78 is 9.99. The van der Waals surface area contributed by atoms with Crippen LogP contribution < -0.4 is 15.5 Å². The van der Waals surface area contributed by atoms with Gasteiger partial charge in [0.2, 0.25) is 5.71 Å². The Morgan fingerprint density at radius 3 is 2.54 bits per heavy atom. The lowest BCUT2D eigenvalue weighted by molar-refractivity contribution is -0.134. The van der Waals surface area contributed by atoms with Crippen molar-refractivity contribution in [1.29, 1.82) is 5.26 Å². The molecule has 0 aliphatic heterocycles. The Labute approximate surface area is 166 Å². The van der Waals surface area contributed by atoms with E-state index in [4.69, 9.17) is 26.3 Å². The van der Waals surface area contributed by atoms with Gasteiger partial charge in [-0.2, -0.15) is 10.4 Å². The molecule has 0 heterocycles. The smallest absolute Gasteiger partial charge is 0.369 e. The van der Waals surface area contributed by atoms with Gasteiger partial charge in [-0.25, -0.2) is 4.79 Å². The zero-order valence-electron chi connectivity index (χ0n) is 15.2. The monoisotopic (exact) mass is 400 g/mol. The van der Waals surface area contributed by atoms with Crippen LogP contribution in [0.1, 0.15) is 17.3 Å². The minimum atomic E-state index is -0.852. The van der Waals surface area contributed by atoms with Gasteiger partial charge in [0.25, 0.3) is 5.91 Å². The van der Waals surface area contributed by atoms with Gasteiger partial charge in [-0.1, -0.05) is 29.8 Å². The quantitative estimate of drug-likeness (QED) is 0.418. The van der Waals surface area contributed by atoms with Crippen LogP contribution in [0.4, 0.5) is 11.4 Å². The summed E-state index contributed by atoms with van der Waals surface area (Å²) in [5.74, 6) is -0.899. The van der Waals surface area contributed by atoms with Gasteiger partial charge in [0.05, 0.1) is 30.1 Å². The van der Waals surface area contributed by atoms with Crippen molar-refractivity contribution < 1.29 is 19.1 Å². The number of carbonyl (C=O) groups is 2. The van der Waals surface area contributed by atoms with Gasteiger partial charge in [-0.3, -0.25) is 10.2 Å². The third-order valence-electron chi connectivity index (χ3n) is 3.44. The largest absolute Gasteiger partial charge is 0.494 e. The number of halogens is 1. The zero-order chi connectivity index (χ0) is 20.5. The maximum Gasteiger partial charge on any atom is 0.369 e. The Morgan fingerprint density at radius 1 is 1.21 bits per heavy atom. The molecule has 0 spiro atoms. The fourth-order valence-electron chi connectivity index (χ4n) is 2.12. The van der Waals surface area contributed by atoms with E-state index >= 15 is 0 Å². The first-order chi connectivity index (χ1) is 13.5. The lowest BCUT2D eigenvalue weighted by atomic mass is 10.2. The van der Waals surface area contributed by atoms with Gasteiger partial charge in [-0.05, 0) is 25.1 Å². The minimum absolute atomic E-state index is 0.116. The van der Waals surface area contributed by atoms with Crippen LogP contribution in [-0.4, -0.2) is 31.3 Å². The van der Waals surface area contributed by atoms with E-state index in [0.717, 1.165) is 0 Å². The topological polar surface area (TPSA) is 113 Å². The number of hydrazone groups is 1. The van der Waals surface area contributed by atoms with Crippen molar-refractivity contribution in [3.8, 4) is 11.8 Å². The molecule has 28 heavy (non-hydrogen) atoms. The highest BCUT2D eigenvalue weighted by atomic mass is 35.5. The predicted octanol–water partition coefficient (Wildman–Crippen LogP) is 3.46. The molecule has 2 rings (SSSR count). The second-order valence-electron chi connectivity index (χ2n) is 5.26. The zero-order valence-corrected chi connectivity index (χ0v) is 15.9. The van der Waals surface area contributed by atoms with Crippen molar-refractivity contribution >= 4 is 40.6 Å². The Kier molecular flexibility index (Phi) is 7.37. The van der Waals surface area contributed by atoms with Crippen molar-refractivity contribution in [3.63, 3.8) is 0 Å². The van der Waals surface area contributed by atoms with Gasteiger partial charge in [0, 0.05) is 11.6 Å². The Balaban J connectivity index is 2.24. The number of benzene rings is 2. The van der Waals surface area contributed by atoms with Crippen molar-refractivity contribution in [2.45, 2.75) is 6.92 Å². The van der Waals surface area contributed by atoms with E-state index in [1.807, 2.05) is 0 Å². The van der Waals surface area contributed by atoms with Gasteiger partial charge in [0.15, 0.2) is 0 Å². The maximum atomic E-state index is 12.3. The number of hydrogen-bond acceptors (Lipinski definition) is 7. The number of rotatable bonds is 7. The van der Waals surface area contributed by atoms with E-state index in [1.165, 1.54) is 19.2 Å². The van der Waals surface area contributed by atoms with E-state index in [0.29, 0.717) is 16.9 Å². The molecule has 144 valence electrons. The number of methoxy groups -OCH3 is 1. The molecule has 0 aliphatic rings. The third-order valence-corrected chi connectivity index (χ3v) is 3.75. The summed E-state index contributed by atoms with van der Waals surface area (Å²) in [6.07, 6.45) is 0. The molecule has 0 bridgehead atoms. The normalized spacial score (nSPS) is 10.6. The van der Waals surface area contributed by atoms with Crippen molar-refractivity contribution in [2.24, 2.45) is 5.10 Å². The Hall–Kier alpha value is -3.57. The SMILES string of the molecule is CCOC(=O)/C(C#N)=N/Nc1cc(Cl)c(NC(=O)c2ccccc2)cc1OC. The van der Waals surface area contributed by atoms with Crippen LogP contribution in [0.25, 0.3) is 0 Å². The number of hydrogen-bond donors (Lipinski definition) is 2. The van der Waals surface area contributed by atoms with Crippen molar-refractivity contribution in [2.75, 3.05) is 24.5 Å². The standard InChI is InChI=1S/C19H17ClN4O4/c1-3-28-19(26)16(11-21)24-23-15-9-13(20)14(10-17(15)27-2)22-18(25)12-7-5-4-6-8-12/h4-10,23H,3H2,1-2H3,(H,22,25)/b24-16+. The number of carbonyl (C=O) groups excluding carboxylic acids is 2. The molecule has 0 radical (unpaired) electrons. The molecule has 0 unspecified atom stereocenters. The number of nitrogens with zero attached hydrogens (tertiary/aromatic N) is 2. The Bertz CT molecular complexity index is 939. The van der Waals surface area contributed by atoms with Crippen LogP contribution in [0.2, 0.25) is 5.02 Å². The third kappa shape index (κ3) is 5.22. The summed E-state index contributed by atoms with van der Waals surface area (Å²) in [5.41, 5.74) is 3.18. The predicted molar refractivity (Wildman–Crippen MR) is 106 cm³/mol. The summed E-state index contributed by atoms with van der Waals surface area (Å²) in [4.78, 5) is 23.9. The summed E-state index contributed by atoms with van der Waals surface area (Å²) in [6, 6.07) is 13.2. The van der Waals surface area contributed by atoms with Gasteiger partial charge < -0.3 is 14.8 Å². The fraction of sp³-hybridized carbons (Fsp3) is 0.158. The van der Waals surface area contributed by atoms with Crippen LogP contribution in [0, 0.1) is 11.3 Å². The number of ether oxygens (including phenoxy) is 2. The molecule has 0 atom stereocenters. The first-order valence-corrected chi connectivity index (χ1v) is 8.52. The molecule has 0 saturated heterocycles. The van der Waals surface area contributed by atoms with Gasteiger partial charge in [0.1, 0.15) is 11.8 Å². The fourth-order valence-corrected chi connectivity index (χ4v) is 2.33. The van der Waals surface area contributed by atoms with Crippen molar-refractivity contribution in [3.05, 3.63) is 53.1 Å². The second kappa shape index (κ2) is 9.94. The van der Waals surface area contributed by atoms with E-state index in [9.17, 15) is 9.59 Å². The lowest BCUT2D eigenvalue weighted by Crippen LogP contribution is -2.17. The molecule has 2 aromatic carbocycles. The molecule has 0 saturated carbocycles. The molecular weight excluding hydrogens is 384 g/mol. The maximum absolute atomic E-state index is 12.3. The van der Waals surface area contributed by atoms with Crippen LogP contribution in [0.3, 0.4) is 0 Å². The van der Waals surface area contributed by atoms with Crippen LogP contribution in [-0.2, 0) is 9.53 Å². The van der Waals surface area contributed by atoms with E-state index in [2.05, 4.69) is 15.8 Å². The summed E-state index contributed by atoms with van der Waals surface area (Å²) >= 11 is 6.24. The minimum Gasteiger partial charge on any atom is -0.494 e. The highest BCUT2D eigenvalue weighted by Crippen LogP contribution is 2.34. The van der Waals surface area contributed by atoms with Gasteiger partial charge >= 0.3 is 5.97 Å². The van der Waals surface area contributed by atoms with E-state index in [1.54, 1.807) is 43.3 Å². The number of esters is 1. The van der Waals surface area contributed by atoms with E-state index < -0.39 is 11.7 Å². The van der Waals surface area contributed by atoms with Crippen LogP contribution in [0.15, 0.2) is 47.6 Å². The highest BCUT2D eigenvalue weighted by molar-refractivity contribution is 6.43. The highest BCUT2D eigenvalue weighted by Gasteiger charge is 2.15. The number of nitriles is 1. The van der Waals surface area contributed by atoms with E-state index in [-0.39, 0.29) is 23.3 Å². The molecule has 2 aromatic rings. The molecule has 8 nitrogen and oxygen atoms in total. The molecule has 0 fully saturated rings. The Morgan fingerprint density at radius 2 is 1.93 bits per heavy atom. The first-order valence-electron chi connectivity index (χ1n) is 8.15. The summed E-state index contributed by atoms with van der Waals surface area (Å²) in [5, 5.41) is 15.6. The molecule has 1 amide bonds. The number of anilines is 2. The summed E-state index contributed by atoms with van der Waals surface area (Å²) in [6.45, 7) is 1.73. The van der Waals surface area contributed by atoms with Crippen LogP contribution in [0.5, 0.6) is 5.75 Å². The second-order valence-corrected chi connectivity index (χ2v) is 5.66. The van der Waals surface area contributed by atoms with Crippen LogP contribution >= 0.6 is 11.6 Å². The molecule has 9 heteroatoms. The van der Waals surface area contributed by atoms with Gasteiger partial charge in [-0.15, -0.1) is 0 Å². The molecule has 2 N–H and O–H groups in total. The summed E-state index contributed by atoms with van der Waals surface area (Å²) in [7, 11) is 1.41. The first kappa shape index (κ1) is 20.7. The average Bonchev–Trinajstić information content (AvgIpc) is 2.71. The molecular formula is C19H17ClN4O4.